The van der Waals surface area contributed by atoms with Gasteiger partial charge in [0.2, 0.25) is 0 Å². The number of hydrogen-bond acceptors (Lipinski definition) is 2. The molecule has 2 nitrogen and oxygen atoms in total. The smallest absolute Gasteiger partial charge is 0.168 e. The largest absolute Gasteiger partial charge is 0.326 e. The molecule has 0 saturated carbocycles. The van der Waals surface area contributed by atoms with Crippen molar-refractivity contribution in [1.29, 1.82) is 0 Å². The van der Waals surface area contributed by atoms with Crippen LogP contribution in [0.1, 0.15) is 13.3 Å². The van der Waals surface area contributed by atoms with E-state index in [0.29, 0.717) is 0 Å². The van der Waals surface area contributed by atoms with Gasteiger partial charge in [-0.05, 0) is 6.42 Å². The van der Waals surface area contributed by atoms with Crippen LogP contribution in [0, 0.1) is 0 Å². The zero-order valence-corrected chi connectivity index (χ0v) is 6.77. The Morgan fingerprint density at radius 1 is 1.80 bits per heavy atom. The fourth-order valence-electron chi connectivity index (χ4n) is 1.14. The topological polar surface area (TPSA) is 17.8 Å². The van der Waals surface area contributed by atoms with E-state index in [1.807, 2.05) is 24.2 Å². The van der Waals surface area contributed by atoms with Gasteiger partial charge in [-0.3, -0.25) is 0 Å². The summed E-state index contributed by atoms with van der Waals surface area (Å²) in [5.41, 5.74) is 0. The Hall–Kier alpha value is -0.440. The molecule has 0 aromatic carbocycles. The van der Waals surface area contributed by atoms with Crippen LogP contribution in [0.15, 0.2) is 17.6 Å². The molecule has 0 amide bonds. The minimum Gasteiger partial charge on any atom is -0.326 e. The summed E-state index contributed by atoms with van der Waals surface area (Å²) >= 11 is 1.87. The maximum atomic E-state index is 4.23. The zero-order valence-electron chi connectivity index (χ0n) is 5.95. The van der Waals surface area contributed by atoms with E-state index in [1.165, 1.54) is 11.6 Å². The first-order valence-corrected chi connectivity index (χ1v) is 4.42. The molecule has 0 unspecified atom stereocenters. The molecule has 54 valence electrons. The van der Waals surface area contributed by atoms with Crippen LogP contribution in [-0.2, 0) is 6.54 Å². The average molecular weight is 154 g/mol. The fraction of sp³-hybridized carbons (Fsp3) is 0.571. The van der Waals surface area contributed by atoms with Crippen molar-refractivity contribution in [2.75, 3.05) is 0 Å². The Labute approximate surface area is 64.6 Å². The average Bonchev–Trinajstić information content (AvgIpc) is 2.33. The Morgan fingerprint density at radius 3 is 3.60 bits per heavy atom. The van der Waals surface area contributed by atoms with Gasteiger partial charge in [-0.2, -0.15) is 0 Å². The lowest BCUT2D eigenvalue weighted by molar-refractivity contribution is 0.570. The van der Waals surface area contributed by atoms with E-state index < -0.39 is 0 Å². The quantitative estimate of drug-likeness (QED) is 0.566. The van der Waals surface area contributed by atoms with Gasteiger partial charge in [-0.25, -0.2) is 4.98 Å². The van der Waals surface area contributed by atoms with E-state index in [-0.39, 0.29) is 0 Å². The van der Waals surface area contributed by atoms with E-state index in [1.54, 1.807) is 0 Å². The molecule has 3 heteroatoms. The van der Waals surface area contributed by atoms with E-state index in [2.05, 4.69) is 16.5 Å². The first kappa shape index (κ1) is 6.28. The lowest BCUT2D eigenvalue weighted by Crippen LogP contribution is -2.12. The number of fused-ring (bicyclic) bond motifs is 1. The minimum atomic E-state index is 0.745. The number of aryl methyl sites for hydroxylation is 1. The van der Waals surface area contributed by atoms with Crippen molar-refractivity contribution in [1.82, 2.24) is 9.55 Å². The summed E-state index contributed by atoms with van der Waals surface area (Å²) < 4.78 is 2.21. The van der Waals surface area contributed by atoms with Crippen molar-refractivity contribution in [3.05, 3.63) is 12.4 Å². The molecule has 0 radical (unpaired) electrons. The van der Waals surface area contributed by atoms with Gasteiger partial charge in [-0.1, -0.05) is 18.7 Å². The van der Waals surface area contributed by atoms with Crippen LogP contribution in [0.3, 0.4) is 0 Å². The third kappa shape index (κ3) is 0.944. The van der Waals surface area contributed by atoms with Gasteiger partial charge in [0.1, 0.15) is 0 Å². The monoisotopic (exact) mass is 154 g/mol. The third-order valence-electron chi connectivity index (χ3n) is 1.76. The molecule has 2 rings (SSSR count). The summed E-state index contributed by atoms with van der Waals surface area (Å²) in [4.78, 5) is 4.23. The van der Waals surface area contributed by atoms with E-state index in [4.69, 9.17) is 0 Å². The highest BCUT2D eigenvalue weighted by molar-refractivity contribution is 7.99. The van der Waals surface area contributed by atoms with Gasteiger partial charge in [0.05, 0.1) is 0 Å². The molecule has 1 aromatic heterocycles. The van der Waals surface area contributed by atoms with Crippen LogP contribution in [-0.4, -0.2) is 14.8 Å². The fourth-order valence-corrected chi connectivity index (χ4v) is 2.14. The van der Waals surface area contributed by atoms with Gasteiger partial charge in [0, 0.05) is 24.2 Å². The molecule has 0 spiro atoms. The second-order valence-corrected chi connectivity index (χ2v) is 4.03. The molecule has 0 saturated heterocycles. The summed E-state index contributed by atoms with van der Waals surface area (Å²) in [6.07, 6.45) is 5.20. The molecule has 1 aliphatic heterocycles. The van der Waals surface area contributed by atoms with Crippen LogP contribution < -0.4 is 0 Å². The summed E-state index contributed by atoms with van der Waals surface area (Å²) in [7, 11) is 0. The standard InChI is InChI=1S/C7H10N2S/c1-6-2-4-9-5-3-8-7(9)10-6/h3,5-6H,2,4H2,1H3/t6-/m1/s1. The van der Waals surface area contributed by atoms with E-state index in [9.17, 15) is 0 Å². The minimum absolute atomic E-state index is 0.745. The molecule has 0 bridgehead atoms. The highest BCUT2D eigenvalue weighted by Crippen LogP contribution is 2.28. The molecular weight excluding hydrogens is 144 g/mol. The summed E-state index contributed by atoms with van der Waals surface area (Å²) in [5, 5.41) is 1.92. The van der Waals surface area contributed by atoms with Crippen molar-refractivity contribution >= 4 is 11.8 Å². The Bertz CT molecular complexity index is 231. The van der Waals surface area contributed by atoms with Crippen molar-refractivity contribution in [3.63, 3.8) is 0 Å². The van der Waals surface area contributed by atoms with Gasteiger partial charge >= 0.3 is 0 Å². The van der Waals surface area contributed by atoms with Crippen LogP contribution >= 0.6 is 11.8 Å². The van der Waals surface area contributed by atoms with Crippen molar-refractivity contribution in [2.24, 2.45) is 0 Å². The molecule has 10 heavy (non-hydrogen) atoms. The van der Waals surface area contributed by atoms with Crippen molar-refractivity contribution in [2.45, 2.75) is 30.3 Å². The highest BCUT2D eigenvalue weighted by Gasteiger charge is 2.14. The second kappa shape index (κ2) is 2.31. The summed E-state index contributed by atoms with van der Waals surface area (Å²) in [6, 6.07) is 0. The first-order chi connectivity index (χ1) is 4.86. The summed E-state index contributed by atoms with van der Waals surface area (Å²) in [5.74, 6) is 0. The molecule has 2 heterocycles. The number of rotatable bonds is 0. The Morgan fingerprint density at radius 2 is 2.70 bits per heavy atom. The van der Waals surface area contributed by atoms with Crippen LogP contribution in [0.5, 0.6) is 0 Å². The Balaban J connectivity index is 2.30. The number of thioether (sulfide) groups is 1. The molecule has 0 fully saturated rings. The van der Waals surface area contributed by atoms with Crippen LogP contribution in [0.2, 0.25) is 0 Å². The predicted octanol–water partition coefficient (Wildman–Crippen LogP) is 1.77. The summed E-state index contributed by atoms with van der Waals surface area (Å²) in [6.45, 7) is 3.40. The molecule has 1 aliphatic rings. The van der Waals surface area contributed by atoms with Crippen molar-refractivity contribution < 1.29 is 0 Å². The van der Waals surface area contributed by atoms with E-state index in [0.717, 1.165) is 11.8 Å². The van der Waals surface area contributed by atoms with Crippen LogP contribution in [0.25, 0.3) is 0 Å². The first-order valence-electron chi connectivity index (χ1n) is 3.54. The maximum Gasteiger partial charge on any atom is 0.168 e. The van der Waals surface area contributed by atoms with Gasteiger partial charge in [0.15, 0.2) is 5.16 Å². The van der Waals surface area contributed by atoms with Crippen molar-refractivity contribution in [3.8, 4) is 0 Å². The lowest BCUT2D eigenvalue weighted by Gasteiger charge is -2.18. The van der Waals surface area contributed by atoms with Gasteiger partial charge in [-0.15, -0.1) is 0 Å². The predicted molar refractivity (Wildman–Crippen MR) is 42.2 cm³/mol. The number of nitrogens with zero attached hydrogens (tertiary/aromatic N) is 2. The number of hydrogen-bond donors (Lipinski definition) is 0. The lowest BCUT2D eigenvalue weighted by atomic mass is 10.3. The molecule has 1 aromatic rings. The third-order valence-corrected chi connectivity index (χ3v) is 2.95. The Kier molecular flexibility index (Phi) is 1.45. The molecule has 0 N–H and O–H groups in total. The zero-order chi connectivity index (χ0) is 6.97. The molecule has 1 atom stereocenters. The number of imidazole rings is 1. The molecule has 0 aliphatic carbocycles. The second-order valence-electron chi connectivity index (χ2n) is 2.62. The SMILES string of the molecule is C[C@@H]1CCn2ccnc2S1. The van der Waals surface area contributed by atoms with E-state index >= 15 is 0 Å². The highest BCUT2D eigenvalue weighted by atomic mass is 32.2. The number of aromatic nitrogens is 2. The normalized spacial score (nSPS) is 24.3. The molecular formula is C7H10N2S. The van der Waals surface area contributed by atoms with Gasteiger partial charge in [0.25, 0.3) is 0 Å². The maximum absolute atomic E-state index is 4.23. The van der Waals surface area contributed by atoms with Crippen LogP contribution in [0.4, 0.5) is 0 Å². The van der Waals surface area contributed by atoms with Gasteiger partial charge < -0.3 is 4.57 Å².